The molecule has 2 atom stereocenters. The van der Waals surface area contributed by atoms with E-state index in [-0.39, 0.29) is 11.8 Å². The number of aromatic amines is 1. The van der Waals surface area contributed by atoms with Crippen molar-refractivity contribution >= 4 is 5.91 Å². The smallest absolute Gasteiger partial charge is 0.222 e. The third kappa shape index (κ3) is 3.71. The molecule has 5 nitrogen and oxygen atoms in total. The van der Waals surface area contributed by atoms with Crippen molar-refractivity contribution in [1.82, 2.24) is 15.5 Å². The summed E-state index contributed by atoms with van der Waals surface area (Å²) in [6.07, 6.45) is 2.36. The Balaban J connectivity index is 2.10. The first-order valence-corrected chi connectivity index (χ1v) is 7.16. The van der Waals surface area contributed by atoms with Gasteiger partial charge in [-0.3, -0.25) is 9.89 Å². The Kier molecular flexibility index (Phi) is 5.27. The lowest BCUT2D eigenvalue weighted by atomic mass is 9.99. The molecule has 0 saturated heterocycles. The van der Waals surface area contributed by atoms with Crippen LogP contribution in [0.4, 0.5) is 4.39 Å². The van der Waals surface area contributed by atoms with Crippen LogP contribution in [0.15, 0.2) is 36.7 Å². The summed E-state index contributed by atoms with van der Waals surface area (Å²) in [7, 11) is 0. The van der Waals surface area contributed by atoms with Crippen molar-refractivity contribution in [3.8, 4) is 11.1 Å². The standard InChI is InChI=1S/C16H20FN3O2/c1-10(2)16(22)20-14(7-17)15(21)12-5-3-11(4-6-12)13-8-18-19-9-13/h3-6,8-10,14-15,21H,7H2,1-2H3,(H,18,19)(H,20,22)/t14-,15-/m1/s1. The number of halogens is 1. The average Bonchev–Trinajstić information content (AvgIpc) is 3.06. The fraction of sp³-hybridized carbons (Fsp3) is 0.375. The van der Waals surface area contributed by atoms with E-state index < -0.39 is 18.8 Å². The van der Waals surface area contributed by atoms with Crippen LogP contribution in [0.2, 0.25) is 0 Å². The lowest BCUT2D eigenvalue weighted by molar-refractivity contribution is -0.125. The number of rotatable bonds is 6. The topological polar surface area (TPSA) is 78.0 Å². The van der Waals surface area contributed by atoms with Gasteiger partial charge in [0.15, 0.2) is 0 Å². The Hall–Kier alpha value is -2.21. The number of nitrogens with one attached hydrogen (secondary N) is 2. The Morgan fingerprint density at radius 3 is 2.50 bits per heavy atom. The molecule has 0 saturated carbocycles. The highest BCUT2D eigenvalue weighted by molar-refractivity contribution is 5.78. The van der Waals surface area contributed by atoms with E-state index in [2.05, 4.69) is 15.5 Å². The second-order valence-corrected chi connectivity index (χ2v) is 5.48. The molecule has 2 aromatic rings. The lowest BCUT2D eigenvalue weighted by Gasteiger charge is -2.23. The van der Waals surface area contributed by atoms with Crippen molar-refractivity contribution in [2.24, 2.45) is 5.92 Å². The molecule has 1 heterocycles. The number of H-pyrrole nitrogens is 1. The van der Waals surface area contributed by atoms with Crippen LogP contribution in [-0.4, -0.2) is 33.9 Å². The average molecular weight is 305 g/mol. The third-order valence-corrected chi connectivity index (χ3v) is 3.48. The first kappa shape index (κ1) is 16.2. The van der Waals surface area contributed by atoms with Crippen molar-refractivity contribution in [2.45, 2.75) is 26.0 Å². The normalized spacial score (nSPS) is 13.9. The molecule has 0 aliphatic carbocycles. The Morgan fingerprint density at radius 1 is 1.32 bits per heavy atom. The first-order chi connectivity index (χ1) is 10.5. The maximum Gasteiger partial charge on any atom is 0.222 e. The second-order valence-electron chi connectivity index (χ2n) is 5.48. The van der Waals surface area contributed by atoms with Gasteiger partial charge in [-0.25, -0.2) is 4.39 Å². The van der Waals surface area contributed by atoms with Crippen LogP contribution in [0.3, 0.4) is 0 Å². The quantitative estimate of drug-likeness (QED) is 0.766. The van der Waals surface area contributed by atoms with Crippen LogP contribution in [-0.2, 0) is 4.79 Å². The minimum atomic E-state index is -1.09. The highest BCUT2D eigenvalue weighted by Gasteiger charge is 2.23. The molecule has 0 spiro atoms. The van der Waals surface area contributed by atoms with Crippen molar-refractivity contribution in [2.75, 3.05) is 6.67 Å². The molecule has 1 amide bonds. The summed E-state index contributed by atoms with van der Waals surface area (Å²) >= 11 is 0. The first-order valence-electron chi connectivity index (χ1n) is 7.16. The summed E-state index contributed by atoms with van der Waals surface area (Å²) in [5.74, 6) is -0.540. The van der Waals surface area contributed by atoms with Gasteiger partial charge in [0.05, 0.1) is 12.2 Å². The van der Waals surface area contributed by atoms with E-state index in [9.17, 15) is 14.3 Å². The number of benzene rings is 1. The second kappa shape index (κ2) is 7.17. The zero-order valence-electron chi connectivity index (χ0n) is 12.6. The monoisotopic (exact) mass is 305 g/mol. The summed E-state index contributed by atoms with van der Waals surface area (Å²) in [5.41, 5.74) is 2.42. The van der Waals surface area contributed by atoms with Crippen molar-refractivity contribution in [3.05, 3.63) is 42.2 Å². The van der Waals surface area contributed by atoms with Crippen LogP contribution < -0.4 is 5.32 Å². The number of carbonyl (C=O) groups is 1. The zero-order chi connectivity index (χ0) is 16.1. The SMILES string of the molecule is CC(C)C(=O)N[C@H](CF)[C@H](O)c1ccc(-c2cn[nH]c2)cc1. The minimum absolute atomic E-state index is 0.260. The summed E-state index contributed by atoms with van der Waals surface area (Å²) in [6.45, 7) is 2.61. The molecular formula is C16H20FN3O2. The molecule has 6 heteroatoms. The van der Waals surface area contributed by atoms with Gasteiger partial charge in [-0.15, -0.1) is 0 Å². The van der Waals surface area contributed by atoms with E-state index >= 15 is 0 Å². The maximum absolute atomic E-state index is 13.1. The number of nitrogens with zero attached hydrogens (tertiary/aromatic N) is 1. The van der Waals surface area contributed by atoms with Gasteiger partial charge in [-0.2, -0.15) is 5.10 Å². The molecule has 0 aliphatic rings. The molecule has 0 aliphatic heterocycles. The minimum Gasteiger partial charge on any atom is -0.386 e. The molecular weight excluding hydrogens is 285 g/mol. The third-order valence-electron chi connectivity index (χ3n) is 3.48. The van der Waals surface area contributed by atoms with Gasteiger partial charge < -0.3 is 10.4 Å². The van der Waals surface area contributed by atoms with E-state index in [0.717, 1.165) is 11.1 Å². The van der Waals surface area contributed by atoms with Gasteiger partial charge in [-0.1, -0.05) is 38.1 Å². The van der Waals surface area contributed by atoms with Crippen molar-refractivity contribution < 1.29 is 14.3 Å². The molecule has 0 radical (unpaired) electrons. The lowest BCUT2D eigenvalue weighted by Crippen LogP contribution is -2.42. The van der Waals surface area contributed by atoms with Crippen molar-refractivity contribution in [3.63, 3.8) is 0 Å². The Morgan fingerprint density at radius 2 is 2.00 bits per heavy atom. The van der Waals surface area contributed by atoms with Gasteiger partial charge in [0.1, 0.15) is 12.8 Å². The van der Waals surface area contributed by atoms with Crippen LogP contribution in [0.1, 0.15) is 25.5 Å². The molecule has 3 N–H and O–H groups in total. The molecule has 1 aromatic heterocycles. The number of carbonyl (C=O) groups excluding carboxylic acids is 1. The predicted octanol–water partition coefficient (Wildman–Crippen LogP) is 2.22. The molecule has 22 heavy (non-hydrogen) atoms. The number of alkyl halides is 1. The number of amides is 1. The number of aliphatic hydroxyl groups excluding tert-OH is 1. The van der Waals surface area contributed by atoms with E-state index in [0.29, 0.717) is 5.56 Å². The van der Waals surface area contributed by atoms with E-state index in [1.165, 1.54) is 0 Å². The predicted molar refractivity (Wildman–Crippen MR) is 81.7 cm³/mol. The van der Waals surface area contributed by atoms with Gasteiger partial charge in [0, 0.05) is 17.7 Å². The van der Waals surface area contributed by atoms with Gasteiger partial charge >= 0.3 is 0 Å². The zero-order valence-corrected chi connectivity index (χ0v) is 12.6. The van der Waals surface area contributed by atoms with Crippen LogP contribution in [0, 0.1) is 5.92 Å². The van der Waals surface area contributed by atoms with Gasteiger partial charge in [-0.05, 0) is 11.1 Å². The summed E-state index contributed by atoms with van der Waals surface area (Å²) in [6, 6.07) is 6.13. The van der Waals surface area contributed by atoms with E-state index in [4.69, 9.17) is 0 Å². The fourth-order valence-electron chi connectivity index (χ4n) is 2.07. The molecule has 2 rings (SSSR count). The van der Waals surface area contributed by atoms with Crippen LogP contribution >= 0.6 is 0 Å². The molecule has 1 aromatic carbocycles. The fourth-order valence-corrected chi connectivity index (χ4v) is 2.07. The molecule has 0 unspecified atom stereocenters. The molecule has 0 bridgehead atoms. The summed E-state index contributed by atoms with van der Waals surface area (Å²) in [5, 5.41) is 19.4. The van der Waals surface area contributed by atoms with E-state index in [1.807, 2.05) is 12.1 Å². The summed E-state index contributed by atoms with van der Waals surface area (Å²) < 4.78 is 13.1. The molecule has 118 valence electrons. The van der Waals surface area contributed by atoms with Gasteiger partial charge in [0.25, 0.3) is 0 Å². The number of hydrogen-bond donors (Lipinski definition) is 3. The maximum atomic E-state index is 13.1. The number of aliphatic hydroxyl groups is 1. The van der Waals surface area contributed by atoms with Crippen LogP contribution in [0.25, 0.3) is 11.1 Å². The Labute approximate surface area is 128 Å². The highest BCUT2D eigenvalue weighted by Crippen LogP contribution is 2.23. The van der Waals surface area contributed by atoms with Gasteiger partial charge in [0.2, 0.25) is 5.91 Å². The highest BCUT2D eigenvalue weighted by atomic mass is 19.1. The van der Waals surface area contributed by atoms with Crippen LogP contribution in [0.5, 0.6) is 0 Å². The molecule has 0 fully saturated rings. The number of hydrogen-bond acceptors (Lipinski definition) is 3. The van der Waals surface area contributed by atoms with E-state index in [1.54, 1.807) is 38.4 Å². The van der Waals surface area contributed by atoms with Crippen molar-refractivity contribution in [1.29, 1.82) is 0 Å². The Bertz CT molecular complexity index is 596. The largest absolute Gasteiger partial charge is 0.386 e. The summed E-state index contributed by atoms with van der Waals surface area (Å²) in [4.78, 5) is 11.7. The number of aromatic nitrogens is 2.